The second-order valence-electron chi connectivity index (χ2n) is 7.21. The number of cyclic esters (lactones) is 1. The Hall–Kier alpha value is -1.09. The van der Waals surface area contributed by atoms with Crippen molar-refractivity contribution in [2.45, 2.75) is 110 Å². The van der Waals surface area contributed by atoms with Gasteiger partial charge < -0.3 is 9.84 Å². The largest absolute Gasteiger partial charge is 0.427 e. The molecule has 0 fully saturated rings. The summed E-state index contributed by atoms with van der Waals surface area (Å²) < 4.78 is 5.13. The summed E-state index contributed by atoms with van der Waals surface area (Å²) in [5.41, 5.74) is 0.817. The Bertz CT molecular complexity index is 423. The fourth-order valence-corrected chi connectivity index (χ4v) is 3.14. The molecule has 0 aromatic heterocycles. The summed E-state index contributed by atoms with van der Waals surface area (Å²) in [6.45, 7) is 4.42. The number of esters is 1. The molecular formula is C22H38O3. The molecule has 0 radical (unpaired) electrons. The monoisotopic (exact) mass is 350 g/mol. The Kier molecular flexibility index (Phi) is 12.4. The predicted octanol–water partition coefficient (Wildman–Crippen LogP) is 6.22. The molecule has 0 saturated heterocycles. The molecule has 0 amide bonds. The first-order valence-corrected chi connectivity index (χ1v) is 10.5. The fourth-order valence-electron chi connectivity index (χ4n) is 3.14. The standard InChI is InChI=1S/C22H38O3/c1-3-5-7-9-10-11-12-13-14-16-19(23)18-21-20(22(24)25-21)17-15-8-6-4-2/h12-13,19,23H,3-11,14-18H2,1-2H3/b13-12+/t19-/m0/s1. The van der Waals surface area contributed by atoms with Gasteiger partial charge in [-0.15, -0.1) is 0 Å². The van der Waals surface area contributed by atoms with Crippen LogP contribution >= 0.6 is 0 Å². The molecule has 0 bridgehead atoms. The molecule has 0 unspecified atom stereocenters. The topological polar surface area (TPSA) is 46.5 Å². The number of rotatable bonds is 16. The number of carbonyl (C=O) groups excluding carboxylic acids is 1. The fraction of sp³-hybridized carbons (Fsp3) is 0.773. The lowest BCUT2D eigenvalue weighted by atomic mass is 9.98. The number of unbranched alkanes of at least 4 members (excludes halogenated alkanes) is 8. The number of aliphatic hydroxyl groups excluding tert-OH is 1. The van der Waals surface area contributed by atoms with Crippen LogP contribution in [0, 0.1) is 0 Å². The van der Waals surface area contributed by atoms with Crippen LogP contribution in [0.15, 0.2) is 23.5 Å². The van der Waals surface area contributed by atoms with E-state index in [-0.39, 0.29) is 5.97 Å². The molecule has 0 saturated carbocycles. The van der Waals surface area contributed by atoms with Crippen LogP contribution in [0.2, 0.25) is 0 Å². The van der Waals surface area contributed by atoms with Gasteiger partial charge in [-0.2, -0.15) is 0 Å². The maximum atomic E-state index is 11.5. The molecule has 1 aliphatic heterocycles. The van der Waals surface area contributed by atoms with E-state index in [1.165, 1.54) is 44.9 Å². The third kappa shape index (κ3) is 9.84. The van der Waals surface area contributed by atoms with Crippen LogP contribution in [0.25, 0.3) is 0 Å². The van der Waals surface area contributed by atoms with Gasteiger partial charge in [0.1, 0.15) is 5.76 Å². The number of hydrogen-bond donors (Lipinski definition) is 1. The molecule has 1 atom stereocenters. The van der Waals surface area contributed by atoms with Gasteiger partial charge in [0.05, 0.1) is 11.7 Å². The molecule has 0 aromatic carbocycles. The average Bonchev–Trinajstić information content (AvgIpc) is 2.59. The molecule has 1 heterocycles. The highest BCUT2D eigenvalue weighted by molar-refractivity contribution is 5.95. The van der Waals surface area contributed by atoms with Gasteiger partial charge in [0.25, 0.3) is 0 Å². The van der Waals surface area contributed by atoms with Crippen molar-refractivity contribution in [2.24, 2.45) is 0 Å². The van der Waals surface area contributed by atoms with Gasteiger partial charge in [-0.3, -0.25) is 0 Å². The number of aliphatic hydroxyl groups is 1. The van der Waals surface area contributed by atoms with E-state index in [0.29, 0.717) is 6.42 Å². The lowest BCUT2D eigenvalue weighted by Gasteiger charge is -2.24. The second kappa shape index (κ2) is 14.1. The molecule has 0 spiro atoms. The van der Waals surface area contributed by atoms with Crippen molar-refractivity contribution in [3.8, 4) is 0 Å². The Morgan fingerprint density at radius 3 is 2.24 bits per heavy atom. The van der Waals surface area contributed by atoms with E-state index >= 15 is 0 Å². The van der Waals surface area contributed by atoms with Crippen molar-refractivity contribution in [3.05, 3.63) is 23.5 Å². The summed E-state index contributed by atoms with van der Waals surface area (Å²) in [5.74, 6) is 0.551. The molecule has 1 aliphatic rings. The zero-order valence-electron chi connectivity index (χ0n) is 16.4. The van der Waals surface area contributed by atoms with Gasteiger partial charge in [0.15, 0.2) is 0 Å². The molecular weight excluding hydrogens is 312 g/mol. The maximum Gasteiger partial charge on any atom is 0.342 e. The first-order chi connectivity index (χ1) is 12.2. The van der Waals surface area contributed by atoms with Crippen LogP contribution < -0.4 is 0 Å². The lowest BCUT2D eigenvalue weighted by Crippen LogP contribution is -2.25. The minimum absolute atomic E-state index is 0.179. The highest BCUT2D eigenvalue weighted by atomic mass is 16.6. The zero-order chi connectivity index (χ0) is 18.3. The average molecular weight is 351 g/mol. The normalized spacial score (nSPS) is 15.6. The Balaban J connectivity index is 2.13. The van der Waals surface area contributed by atoms with Crippen LogP contribution in [0.3, 0.4) is 0 Å². The summed E-state index contributed by atoms with van der Waals surface area (Å²) in [6, 6.07) is 0. The van der Waals surface area contributed by atoms with E-state index in [1.54, 1.807) is 0 Å². The van der Waals surface area contributed by atoms with Crippen molar-refractivity contribution in [3.63, 3.8) is 0 Å². The van der Waals surface area contributed by atoms with Gasteiger partial charge in [0.2, 0.25) is 0 Å². The van der Waals surface area contributed by atoms with Gasteiger partial charge in [-0.1, -0.05) is 70.9 Å². The van der Waals surface area contributed by atoms with E-state index in [9.17, 15) is 9.90 Å². The van der Waals surface area contributed by atoms with Crippen molar-refractivity contribution >= 4 is 5.97 Å². The minimum atomic E-state index is -0.414. The van der Waals surface area contributed by atoms with Gasteiger partial charge in [0, 0.05) is 6.42 Å². The van der Waals surface area contributed by atoms with Crippen LogP contribution in [-0.2, 0) is 9.53 Å². The quantitative estimate of drug-likeness (QED) is 0.204. The third-order valence-corrected chi connectivity index (χ3v) is 4.81. The Labute approximate surface area is 154 Å². The number of carbonyl (C=O) groups is 1. The smallest absolute Gasteiger partial charge is 0.342 e. The predicted molar refractivity (Wildman–Crippen MR) is 104 cm³/mol. The van der Waals surface area contributed by atoms with E-state index in [0.717, 1.165) is 49.9 Å². The molecule has 144 valence electrons. The van der Waals surface area contributed by atoms with Gasteiger partial charge >= 0.3 is 5.97 Å². The summed E-state index contributed by atoms with van der Waals surface area (Å²) in [7, 11) is 0. The number of hydrogen-bond acceptors (Lipinski definition) is 3. The van der Waals surface area contributed by atoms with Crippen molar-refractivity contribution < 1.29 is 14.6 Å². The van der Waals surface area contributed by atoms with Gasteiger partial charge in [-0.25, -0.2) is 4.79 Å². The second-order valence-corrected chi connectivity index (χ2v) is 7.21. The minimum Gasteiger partial charge on any atom is -0.427 e. The zero-order valence-corrected chi connectivity index (χ0v) is 16.4. The van der Waals surface area contributed by atoms with E-state index in [4.69, 9.17) is 4.74 Å². The van der Waals surface area contributed by atoms with Gasteiger partial charge in [-0.05, 0) is 38.5 Å². The lowest BCUT2D eigenvalue weighted by molar-refractivity contribution is -0.141. The first kappa shape index (κ1) is 22.0. The van der Waals surface area contributed by atoms with Crippen LogP contribution in [0.4, 0.5) is 0 Å². The number of ether oxygens (including phenoxy) is 1. The summed E-state index contributed by atoms with van der Waals surface area (Å²) in [5, 5.41) is 10.1. The van der Waals surface area contributed by atoms with E-state index in [1.807, 2.05) is 0 Å². The first-order valence-electron chi connectivity index (χ1n) is 10.5. The van der Waals surface area contributed by atoms with Crippen LogP contribution in [0.5, 0.6) is 0 Å². The maximum absolute atomic E-state index is 11.5. The summed E-state index contributed by atoms with van der Waals surface area (Å²) in [4.78, 5) is 11.5. The summed E-state index contributed by atoms with van der Waals surface area (Å²) >= 11 is 0. The third-order valence-electron chi connectivity index (χ3n) is 4.81. The molecule has 1 rings (SSSR count). The van der Waals surface area contributed by atoms with Crippen LogP contribution in [-0.4, -0.2) is 17.2 Å². The van der Waals surface area contributed by atoms with Crippen molar-refractivity contribution in [1.82, 2.24) is 0 Å². The number of allylic oxidation sites excluding steroid dienone is 2. The molecule has 25 heavy (non-hydrogen) atoms. The van der Waals surface area contributed by atoms with Crippen molar-refractivity contribution in [2.75, 3.05) is 0 Å². The molecule has 0 aromatic rings. The molecule has 0 aliphatic carbocycles. The molecule has 3 nitrogen and oxygen atoms in total. The SMILES string of the molecule is CCCCCCC/C=C/CC[C@H](O)CC1=C(CCCCCC)C(=O)O1. The van der Waals surface area contributed by atoms with Crippen molar-refractivity contribution in [1.29, 1.82) is 0 Å². The Morgan fingerprint density at radius 2 is 1.56 bits per heavy atom. The highest BCUT2D eigenvalue weighted by Gasteiger charge is 2.30. The highest BCUT2D eigenvalue weighted by Crippen LogP contribution is 2.30. The van der Waals surface area contributed by atoms with Crippen LogP contribution in [0.1, 0.15) is 104 Å². The molecule has 1 N–H and O–H groups in total. The Morgan fingerprint density at radius 1 is 0.920 bits per heavy atom. The van der Waals surface area contributed by atoms with E-state index in [2.05, 4.69) is 26.0 Å². The van der Waals surface area contributed by atoms with E-state index < -0.39 is 6.10 Å². The summed E-state index contributed by atoms with van der Waals surface area (Å²) in [6.07, 6.45) is 19.2. The molecule has 3 heteroatoms.